The van der Waals surface area contributed by atoms with Crippen molar-refractivity contribution in [2.24, 2.45) is 0 Å². The molecular weight excluding hydrogens is 342 g/mol. The second kappa shape index (κ2) is 8.62. The van der Waals surface area contributed by atoms with Crippen LogP contribution in [-0.4, -0.2) is 23.9 Å². The zero-order chi connectivity index (χ0) is 19.1. The first-order valence-electron chi connectivity index (χ1n) is 8.38. The predicted molar refractivity (Wildman–Crippen MR) is 104 cm³/mol. The van der Waals surface area contributed by atoms with Gasteiger partial charge in [0, 0.05) is 23.8 Å². The highest BCUT2D eigenvalue weighted by Crippen LogP contribution is 2.17. The molecular formula is C21H19N3O3. The van der Waals surface area contributed by atoms with E-state index in [1.807, 2.05) is 24.3 Å². The number of methoxy groups -OCH3 is 1. The molecule has 0 aliphatic heterocycles. The molecule has 0 aliphatic carbocycles. The first kappa shape index (κ1) is 18.1. The van der Waals surface area contributed by atoms with Crippen LogP contribution in [0.4, 0.5) is 11.4 Å². The molecule has 6 nitrogen and oxygen atoms in total. The third-order valence-corrected chi connectivity index (χ3v) is 3.85. The Bertz CT molecular complexity index is 925. The first-order valence-corrected chi connectivity index (χ1v) is 8.38. The number of nitrogens with one attached hydrogen (secondary N) is 2. The maximum Gasteiger partial charge on any atom is 0.257 e. The Hall–Kier alpha value is -3.67. The van der Waals surface area contributed by atoms with Crippen molar-refractivity contribution in [3.63, 3.8) is 0 Å². The maximum absolute atomic E-state index is 12.3. The number of ether oxygens (including phenoxy) is 1. The van der Waals surface area contributed by atoms with E-state index < -0.39 is 0 Å². The van der Waals surface area contributed by atoms with E-state index in [1.165, 1.54) is 6.20 Å². The molecule has 3 rings (SSSR count). The molecule has 0 saturated heterocycles. The zero-order valence-corrected chi connectivity index (χ0v) is 14.8. The van der Waals surface area contributed by atoms with Crippen LogP contribution in [0.25, 0.3) is 0 Å². The Kier molecular flexibility index (Phi) is 5.79. The highest BCUT2D eigenvalue weighted by molar-refractivity contribution is 6.04. The van der Waals surface area contributed by atoms with E-state index >= 15 is 0 Å². The Balaban J connectivity index is 1.61. The van der Waals surface area contributed by atoms with Crippen LogP contribution in [0.3, 0.4) is 0 Å². The van der Waals surface area contributed by atoms with E-state index in [9.17, 15) is 9.59 Å². The van der Waals surface area contributed by atoms with Gasteiger partial charge >= 0.3 is 0 Å². The summed E-state index contributed by atoms with van der Waals surface area (Å²) in [5.41, 5.74) is 2.55. The second-order valence-electron chi connectivity index (χ2n) is 5.85. The molecule has 0 unspecified atom stereocenters. The fourth-order valence-corrected chi connectivity index (χ4v) is 2.51. The van der Waals surface area contributed by atoms with Gasteiger partial charge in [0.2, 0.25) is 5.91 Å². The van der Waals surface area contributed by atoms with Crippen LogP contribution in [0.2, 0.25) is 0 Å². The molecule has 0 aliphatic rings. The van der Waals surface area contributed by atoms with E-state index in [-0.39, 0.29) is 18.2 Å². The van der Waals surface area contributed by atoms with Gasteiger partial charge in [-0.25, -0.2) is 0 Å². The number of amides is 2. The summed E-state index contributed by atoms with van der Waals surface area (Å²) in [5, 5.41) is 5.63. The quantitative estimate of drug-likeness (QED) is 0.704. The Morgan fingerprint density at radius 3 is 2.37 bits per heavy atom. The third kappa shape index (κ3) is 5.15. The van der Waals surface area contributed by atoms with E-state index in [0.29, 0.717) is 16.9 Å². The van der Waals surface area contributed by atoms with Gasteiger partial charge < -0.3 is 15.4 Å². The lowest BCUT2D eigenvalue weighted by Gasteiger charge is -2.09. The van der Waals surface area contributed by atoms with Crippen LogP contribution in [0.15, 0.2) is 73.1 Å². The summed E-state index contributed by atoms with van der Waals surface area (Å²) in [6.45, 7) is 0. The van der Waals surface area contributed by atoms with Gasteiger partial charge in [0.15, 0.2) is 0 Å². The molecule has 0 radical (unpaired) electrons. The van der Waals surface area contributed by atoms with Gasteiger partial charge in [0.25, 0.3) is 5.91 Å². The molecule has 136 valence electrons. The van der Waals surface area contributed by atoms with E-state index in [4.69, 9.17) is 4.74 Å². The lowest BCUT2D eigenvalue weighted by molar-refractivity contribution is -0.115. The Morgan fingerprint density at radius 1 is 0.963 bits per heavy atom. The Morgan fingerprint density at radius 2 is 1.70 bits per heavy atom. The lowest BCUT2D eigenvalue weighted by Crippen LogP contribution is -2.15. The summed E-state index contributed by atoms with van der Waals surface area (Å²) in [4.78, 5) is 28.4. The van der Waals surface area contributed by atoms with Gasteiger partial charge in [-0.1, -0.05) is 18.2 Å². The van der Waals surface area contributed by atoms with Crippen molar-refractivity contribution in [1.82, 2.24) is 4.98 Å². The van der Waals surface area contributed by atoms with Gasteiger partial charge in [-0.2, -0.15) is 0 Å². The number of nitrogens with zero attached hydrogens (tertiary/aromatic N) is 1. The van der Waals surface area contributed by atoms with Crippen molar-refractivity contribution < 1.29 is 14.3 Å². The van der Waals surface area contributed by atoms with Crippen molar-refractivity contribution >= 4 is 23.2 Å². The standard InChI is InChI=1S/C21H19N3O3/c1-27-19-9-7-15(8-10-19)12-20(25)23-17-5-2-6-18(13-17)24-21(26)16-4-3-11-22-14-16/h2-11,13-14H,12H2,1H3,(H,23,25)(H,24,26). The topological polar surface area (TPSA) is 80.3 Å². The molecule has 0 bridgehead atoms. The fourth-order valence-electron chi connectivity index (χ4n) is 2.51. The average Bonchev–Trinajstić information content (AvgIpc) is 2.69. The number of rotatable bonds is 6. The van der Waals surface area contributed by atoms with E-state index in [1.54, 1.807) is 49.7 Å². The lowest BCUT2D eigenvalue weighted by atomic mass is 10.1. The minimum absolute atomic E-state index is 0.143. The second-order valence-corrected chi connectivity index (χ2v) is 5.85. The van der Waals surface area contributed by atoms with Crippen LogP contribution in [0.5, 0.6) is 5.75 Å². The van der Waals surface area contributed by atoms with Gasteiger partial charge in [-0.15, -0.1) is 0 Å². The van der Waals surface area contributed by atoms with E-state index in [2.05, 4.69) is 15.6 Å². The minimum atomic E-state index is -0.259. The molecule has 1 heterocycles. The number of aromatic nitrogens is 1. The largest absolute Gasteiger partial charge is 0.497 e. The molecule has 1 aromatic heterocycles. The smallest absolute Gasteiger partial charge is 0.257 e. The highest BCUT2D eigenvalue weighted by atomic mass is 16.5. The summed E-state index contributed by atoms with van der Waals surface area (Å²) >= 11 is 0. The molecule has 6 heteroatoms. The van der Waals surface area contributed by atoms with Gasteiger partial charge in [0.1, 0.15) is 5.75 Å². The SMILES string of the molecule is COc1ccc(CC(=O)Nc2cccc(NC(=O)c3cccnc3)c2)cc1. The summed E-state index contributed by atoms with van der Waals surface area (Å²) in [6.07, 6.45) is 3.35. The number of carbonyl (C=O) groups excluding carboxylic acids is 2. The van der Waals surface area contributed by atoms with Crippen molar-refractivity contribution in [1.29, 1.82) is 0 Å². The average molecular weight is 361 g/mol. The first-order chi connectivity index (χ1) is 13.1. The molecule has 0 spiro atoms. The molecule has 2 aromatic carbocycles. The number of benzene rings is 2. The van der Waals surface area contributed by atoms with Crippen LogP contribution in [0, 0.1) is 0 Å². The van der Waals surface area contributed by atoms with E-state index in [0.717, 1.165) is 11.3 Å². The number of pyridine rings is 1. The molecule has 0 fully saturated rings. The summed E-state index contributed by atoms with van der Waals surface area (Å²) in [5.74, 6) is 0.344. The number of hydrogen-bond acceptors (Lipinski definition) is 4. The maximum atomic E-state index is 12.3. The van der Waals surface area contributed by atoms with Gasteiger partial charge in [0.05, 0.1) is 19.1 Å². The van der Waals surface area contributed by atoms with Crippen molar-refractivity contribution in [2.75, 3.05) is 17.7 Å². The summed E-state index contributed by atoms with van der Waals surface area (Å²) < 4.78 is 5.11. The van der Waals surface area contributed by atoms with Crippen LogP contribution >= 0.6 is 0 Å². The van der Waals surface area contributed by atoms with Crippen molar-refractivity contribution in [3.05, 3.63) is 84.2 Å². The zero-order valence-electron chi connectivity index (χ0n) is 14.8. The van der Waals surface area contributed by atoms with Crippen LogP contribution in [-0.2, 0) is 11.2 Å². The highest BCUT2D eigenvalue weighted by Gasteiger charge is 2.08. The minimum Gasteiger partial charge on any atom is -0.497 e. The molecule has 0 saturated carbocycles. The fraction of sp³-hybridized carbons (Fsp3) is 0.0952. The third-order valence-electron chi connectivity index (χ3n) is 3.85. The summed E-state index contributed by atoms with van der Waals surface area (Å²) in [6, 6.07) is 17.7. The van der Waals surface area contributed by atoms with Gasteiger partial charge in [-0.05, 0) is 48.0 Å². The summed E-state index contributed by atoms with van der Waals surface area (Å²) in [7, 11) is 1.60. The molecule has 2 N–H and O–H groups in total. The molecule has 27 heavy (non-hydrogen) atoms. The normalized spacial score (nSPS) is 10.1. The monoisotopic (exact) mass is 361 g/mol. The molecule has 0 atom stereocenters. The molecule has 3 aromatic rings. The molecule has 2 amide bonds. The van der Waals surface area contributed by atoms with Crippen LogP contribution < -0.4 is 15.4 Å². The number of carbonyl (C=O) groups is 2. The number of hydrogen-bond donors (Lipinski definition) is 2. The predicted octanol–water partition coefficient (Wildman–Crippen LogP) is 3.52. The van der Waals surface area contributed by atoms with Crippen molar-refractivity contribution in [2.45, 2.75) is 6.42 Å². The van der Waals surface area contributed by atoms with Crippen LogP contribution in [0.1, 0.15) is 15.9 Å². The van der Waals surface area contributed by atoms with Crippen molar-refractivity contribution in [3.8, 4) is 5.75 Å². The van der Waals surface area contributed by atoms with Gasteiger partial charge in [-0.3, -0.25) is 14.6 Å². The number of anilines is 2. The Labute approximate surface area is 157 Å².